The lowest BCUT2D eigenvalue weighted by Crippen LogP contribution is -2.34. The highest BCUT2D eigenvalue weighted by molar-refractivity contribution is 5.86. The average Bonchev–Trinajstić information content (AvgIpc) is 2.81. The maximum atomic E-state index is 11.8. The number of carbonyl (C=O) groups is 1. The number of aryl methyl sites for hydroxylation is 1. The first kappa shape index (κ1) is 11.0. The van der Waals surface area contributed by atoms with Gasteiger partial charge in [-0.2, -0.15) is 0 Å². The van der Waals surface area contributed by atoms with E-state index in [4.69, 9.17) is 0 Å². The Labute approximate surface area is 105 Å². The zero-order valence-electron chi connectivity index (χ0n) is 10.1. The number of aromatic nitrogens is 3. The largest absolute Gasteiger partial charge is 0.273 e. The van der Waals surface area contributed by atoms with Gasteiger partial charge in [0.1, 0.15) is 0 Å². The predicted octanol–water partition coefficient (Wildman–Crippen LogP) is 1.45. The summed E-state index contributed by atoms with van der Waals surface area (Å²) in [5.41, 5.74) is 3.91. The summed E-state index contributed by atoms with van der Waals surface area (Å²) >= 11 is 0. The van der Waals surface area contributed by atoms with Gasteiger partial charge < -0.3 is 0 Å². The van der Waals surface area contributed by atoms with Gasteiger partial charge >= 0.3 is 0 Å². The molecule has 5 heteroatoms. The topological polar surface area (TPSA) is 59.8 Å². The molecule has 1 aliphatic heterocycles. The molecule has 0 fully saturated rings. The van der Waals surface area contributed by atoms with Gasteiger partial charge in [0.15, 0.2) is 11.6 Å². The van der Waals surface area contributed by atoms with Crippen molar-refractivity contribution in [1.29, 1.82) is 0 Å². The molecular weight excluding hydrogens is 228 g/mol. The Hall–Kier alpha value is -2.17. The first-order valence-corrected chi connectivity index (χ1v) is 6.08. The maximum absolute atomic E-state index is 11.8. The van der Waals surface area contributed by atoms with Crippen LogP contribution in [-0.2, 0) is 11.2 Å². The molecule has 5 nitrogen and oxygen atoms in total. The number of nitrogens with one attached hydrogen (secondary N) is 1. The quantitative estimate of drug-likeness (QED) is 0.867. The fraction of sp³-hybridized carbons (Fsp3) is 0.308. The monoisotopic (exact) mass is 242 g/mol. The molecule has 0 radical (unpaired) electrons. The van der Waals surface area contributed by atoms with Crippen LogP contribution in [0.2, 0.25) is 0 Å². The van der Waals surface area contributed by atoms with Crippen LogP contribution in [-0.4, -0.2) is 20.8 Å². The molecule has 1 aromatic heterocycles. The molecule has 2 heterocycles. The molecule has 3 rings (SSSR count). The molecule has 18 heavy (non-hydrogen) atoms. The van der Waals surface area contributed by atoms with E-state index in [1.54, 1.807) is 4.68 Å². The second-order valence-electron chi connectivity index (χ2n) is 4.37. The third kappa shape index (κ3) is 1.68. The smallest absolute Gasteiger partial charge is 0.239 e. The molecule has 0 bridgehead atoms. The third-order valence-corrected chi connectivity index (χ3v) is 3.21. The molecule has 1 amide bonds. The van der Waals surface area contributed by atoms with Gasteiger partial charge in [0, 0.05) is 12.8 Å². The van der Waals surface area contributed by atoms with Crippen LogP contribution in [0.5, 0.6) is 0 Å². The van der Waals surface area contributed by atoms with Crippen molar-refractivity contribution in [3.63, 3.8) is 0 Å². The minimum atomic E-state index is -0.00671. The van der Waals surface area contributed by atoms with Crippen molar-refractivity contribution in [3.8, 4) is 0 Å². The van der Waals surface area contributed by atoms with Crippen molar-refractivity contribution >= 4 is 5.91 Å². The maximum Gasteiger partial charge on any atom is 0.239 e. The van der Waals surface area contributed by atoms with Gasteiger partial charge in [0.2, 0.25) is 5.91 Å². The Morgan fingerprint density at radius 1 is 1.33 bits per heavy atom. The minimum Gasteiger partial charge on any atom is -0.273 e. The zero-order valence-corrected chi connectivity index (χ0v) is 10.1. The second-order valence-corrected chi connectivity index (χ2v) is 4.37. The molecule has 1 atom stereocenters. The zero-order chi connectivity index (χ0) is 12.5. The summed E-state index contributed by atoms with van der Waals surface area (Å²) in [4.78, 5) is 11.8. The summed E-state index contributed by atoms with van der Waals surface area (Å²) in [6.07, 6.45) is 1.17. The standard InChI is InChI=1S/C13H14N4O/c1-2-11-14-15-13-10(8-12(18)16-17(11)13)9-6-4-3-5-7-9/h3-7,10H,2,8H2,1H3,(H,16,18). The summed E-state index contributed by atoms with van der Waals surface area (Å²) in [7, 11) is 0. The van der Waals surface area contributed by atoms with Crippen molar-refractivity contribution in [1.82, 2.24) is 14.9 Å². The average molecular weight is 242 g/mol. The summed E-state index contributed by atoms with van der Waals surface area (Å²) in [6, 6.07) is 9.96. The first-order chi connectivity index (χ1) is 8.79. The van der Waals surface area contributed by atoms with Crippen LogP contribution in [0.15, 0.2) is 30.3 Å². The number of nitrogens with zero attached hydrogens (tertiary/aromatic N) is 3. The Morgan fingerprint density at radius 2 is 2.11 bits per heavy atom. The van der Waals surface area contributed by atoms with Crippen LogP contribution in [0.1, 0.15) is 36.5 Å². The van der Waals surface area contributed by atoms with Crippen LogP contribution >= 0.6 is 0 Å². The number of carbonyl (C=O) groups excluding carboxylic acids is 1. The number of fused-ring (bicyclic) bond motifs is 1. The van der Waals surface area contributed by atoms with Gasteiger partial charge in [0.05, 0.1) is 5.92 Å². The number of hydrogen-bond acceptors (Lipinski definition) is 3. The van der Waals surface area contributed by atoms with Crippen LogP contribution in [0.4, 0.5) is 0 Å². The molecule has 1 N–H and O–H groups in total. The highest BCUT2D eigenvalue weighted by Gasteiger charge is 2.30. The summed E-state index contributed by atoms with van der Waals surface area (Å²) in [6.45, 7) is 2.00. The van der Waals surface area contributed by atoms with Crippen LogP contribution < -0.4 is 5.43 Å². The van der Waals surface area contributed by atoms with E-state index in [9.17, 15) is 4.79 Å². The molecule has 0 spiro atoms. The predicted molar refractivity (Wildman–Crippen MR) is 66.7 cm³/mol. The minimum absolute atomic E-state index is 0.00542. The van der Waals surface area contributed by atoms with Gasteiger partial charge in [-0.05, 0) is 5.56 Å². The molecule has 0 aliphatic carbocycles. The molecule has 2 aromatic rings. The Bertz CT molecular complexity index is 576. The number of amides is 1. The summed E-state index contributed by atoms with van der Waals surface area (Å²) in [5, 5.41) is 8.34. The lowest BCUT2D eigenvalue weighted by atomic mass is 9.93. The van der Waals surface area contributed by atoms with E-state index < -0.39 is 0 Å². The van der Waals surface area contributed by atoms with Crippen molar-refractivity contribution in [2.75, 3.05) is 5.43 Å². The molecular formula is C13H14N4O. The Kier molecular flexibility index (Phi) is 2.59. The molecule has 1 aliphatic rings. The Morgan fingerprint density at radius 3 is 2.83 bits per heavy atom. The van der Waals surface area contributed by atoms with E-state index in [-0.39, 0.29) is 11.8 Å². The highest BCUT2D eigenvalue weighted by Crippen LogP contribution is 2.29. The molecule has 1 unspecified atom stereocenters. The number of benzene rings is 1. The van der Waals surface area contributed by atoms with Gasteiger partial charge in [-0.15, -0.1) is 10.2 Å². The SMILES string of the molecule is CCc1nnc2n1NC(=O)CC2c1ccccc1. The second kappa shape index (κ2) is 4.25. The van der Waals surface area contributed by atoms with Crippen LogP contribution in [0, 0.1) is 0 Å². The van der Waals surface area contributed by atoms with Crippen molar-refractivity contribution in [2.24, 2.45) is 0 Å². The van der Waals surface area contributed by atoms with E-state index >= 15 is 0 Å². The van der Waals surface area contributed by atoms with E-state index in [1.807, 2.05) is 37.3 Å². The van der Waals surface area contributed by atoms with Crippen molar-refractivity contribution in [2.45, 2.75) is 25.7 Å². The van der Waals surface area contributed by atoms with Gasteiger partial charge in [-0.1, -0.05) is 37.3 Å². The Balaban J connectivity index is 2.08. The fourth-order valence-corrected chi connectivity index (χ4v) is 2.31. The van der Waals surface area contributed by atoms with Crippen LogP contribution in [0.25, 0.3) is 0 Å². The van der Waals surface area contributed by atoms with E-state index in [2.05, 4.69) is 15.6 Å². The van der Waals surface area contributed by atoms with E-state index in [1.165, 1.54) is 0 Å². The number of hydrogen-bond donors (Lipinski definition) is 1. The van der Waals surface area contributed by atoms with Gasteiger partial charge in [-0.25, -0.2) is 4.68 Å². The molecule has 1 aromatic carbocycles. The highest BCUT2D eigenvalue weighted by atomic mass is 16.2. The lowest BCUT2D eigenvalue weighted by Gasteiger charge is -2.23. The van der Waals surface area contributed by atoms with Crippen molar-refractivity contribution in [3.05, 3.63) is 47.5 Å². The molecule has 0 saturated carbocycles. The first-order valence-electron chi connectivity index (χ1n) is 6.08. The van der Waals surface area contributed by atoms with Gasteiger partial charge in [0.25, 0.3) is 0 Å². The summed E-state index contributed by atoms with van der Waals surface area (Å²) < 4.78 is 1.73. The molecule has 92 valence electrons. The van der Waals surface area contributed by atoms with Crippen molar-refractivity contribution < 1.29 is 4.79 Å². The van der Waals surface area contributed by atoms with E-state index in [0.29, 0.717) is 6.42 Å². The lowest BCUT2D eigenvalue weighted by molar-refractivity contribution is -0.118. The van der Waals surface area contributed by atoms with Crippen LogP contribution in [0.3, 0.4) is 0 Å². The third-order valence-electron chi connectivity index (χ3n) is 3.21. The molecule has 0 saturated heterocycles. The van der Waals surface area contributed by atoms with Gasteiger partial charge in [-0.3, -0.25) is 10.2 Å². The van der Waals surface area contributed by atoms with E-state index in [0.717, 1.165) is 23.6 Å². The summed E-state index contributed by atoms with van der Waals surface area (Å²) in [5.74, 6) is 1.61. The normalized spacial score (nSPS) is 18.3. The fourth-order valence-electron chi connectivity index (χ4n) is 2.31. The number of rotatable bonds is 2.